The van der Waals surface area contributed by atoms with Crippen molar-refractivity contribution < 1.29 is 5.11 Å². The van der Waals surface area contributed by atoms with E-state index in [4.69, 9.17) is 16.7 Å². The standard InChI is InChI=1S/C9H11BrClNO/c10-8-3-2-7(6-9(8)11)12-4-1-5-13/h2-3,6,12-13H,1,4-5H2. The second kappa shape index (κ2) is 5.47. The Morgan fingerprint density at radius 1 is 1.46 bits per heavy atom. The van der Waals surface area contributed by atoms with E-state index < -0.39 is 0 Å². The fourth-order valence-electron chi connectivity index (χ4n) is 0.918. The Morgan fingerprint density at radius 3 is 2.85 bits per heavy atom. The first kappa shape index (κ1) is 10.8. The number of rotatable bonds is 4. The van der Waals surface area contributed by atoms with E-state index in [-0.39, 0.29) is 6.61 Å². The van der Waals surface area contributed by atoms with Gasteiger partial charge < -0.3 is 10.4 Å². The second-order valence-electron chi connectivity index (χ2n) is 2.63. The fourth-order valence-corrected chi connectivity index (χ4v) is 1.35. The SMILES string of the molecule is OCCCNc1ccc(Br)c(Cl)c1. The van der Waals surface area contributed by atoms with Crippen LogP contribution in [0, 0.1) is 0 Å². The number of nitrogens with one attached hydrogen (secondary N) is 1. The summed E-state index contributed by atoms with van der Waals surface area (Å²) in [5.41, 5.74) is 0.974. The van der Waals surface area contributed by atoms with Crippen LogP contribution >= 0.6 is 27.5 Å². The first-order valence-electron chi connectivity index (χ1n) is 4.04. The van der Waals surface area contributed by atoms with Crippen molar-refractivity contribution in [2.45, 2.75) is 6.42 Å². The van der Waals surface area contributed by atoms with Gasteiger partial charge in [0.25, 0.3) is 0 Å². The smallest absolute Gasteiger partial charge is 0.0568 e. The molecule has 4 heteroatoms. The van der Waals surface area contributed by atoms with Crippen molar-refractivity contribution in [1.82, 2.24) is 0 Å². The minimum Gasteiger partial charge on any atom is -0.396 e. The Bertz CT molecular complexity index is 280. The van der Waals surface area contributed by atoms with Gasteiger partial charge in [0.2, 0.25) is 0 Å². The van der Waals surface area contributed by atoms with Crippen LogP contribution in [0.1, 0.15) is 6.42 Å². The maximum Gasteiger partial charge on any atom is 0.0568 e. The maximum atomic E-state index is 8.57. The highest BCUT2D eigenvalue weighted by molar-refractivity contribution is 9.10. The summed E-state index contributed by atoms with van der Waals surface area (Å²) >= 11 is 9.20. The molecule has 1 aromatic rings. The third kappa shape index (κ3) is 3.55. The van der Waals surface area contributed by atoms with Crippen molar-refractivity contribution in [3.63, 3.8) is 0 Å². The molecule has 0 aliphatic heterocycles. The van der Waals surface area contributed by atoms with Gasteiger partial charge in [-0.1, -0.05) is 11.6 Å². The van der Waals surface area contributed by atoms with E-state index in [2.05, 4.69) is 21.2 Å². The van der Waals surface area contributed by atoms with Gasteiger partial charge in [-0.05, 0) is 40.5 Å². The molecular weight excluding hydrogens is 253 g/mol. The Kier molecular flexibility index (Phi) is 4.56. The van der Waals surface area contributed by atoms with Crippen LogP contribution in [0.4, 0.5) is 5.69 Å². The highest BCUT2D eigenvalue weighted by atomic mass is 79.9. The molecule has 0 saturated heterocycles. The first-order chi connectivity index (χ1) is 6.24. The van der Waals surface area contributed by atoms with Gasteiger partial charge >= 0.3 is 0 Å². The molecule has 0 radical (unpaired) electrons. The molecule has 0 atom stereocenters. The third-order valence-electron chi connectivity index (χ3n) is 1.58. The van der Waals surface area contributed by atoms with Crippen molar-refractivity contribution >= 4 is 33.2 Å². The number of benzene rings is 1. The van der Waals surface area contributed by atoms with Crippen LogP contribution < -0.4 is 5.32 Å². The van der Waals surface area contributed by atoms with Crippen LogP contribution in [0.5, 0.6) is 0 Å². The van der Waals surface area contributed by atoms with E-state index in [0.717, 1.165) is 23.1 Å². The Balaban J connectivity index is 2.53. The molecule has 1 aromatic carbocycles. The van der Waals surface area contributed by atoms with Gasteiger partial charge in [-0.3, -0.25) is 0 Å². The molecule has 0 fully saturated rings. The lowest BCUT2D eigenvalue weighted by atomic mass is 10.3. The van der Waals surface area contributed by atoms with E-state index >= 15 is 0 Å². The largest absolute Gasteiger partial charge is 0.396 e. The Morgan fingerprint density at radius 2 is 2.23 bits per heavy atom. The molecule has 0 saturated carbocycles. The van der Waals surface area contributed by atoms with Crippen molar-refractivity contribution in [2.75, 3.05) is 18.5 Å². The zero-order valence-electron chi connectivity index (χ0n) is 7.06. The molecule has 1 rings (SSSR count). The minimum atomic E-state index is 0.206. The van der Waals surface area contributed by atoms with Gasteiger partial charge in [-0.25, -0.2) is 0 Å². The van der Waals surface area contributed by atoms with Crippen LogP contribution in [0.25, 0.3) is 0 Å². The summed E-state index contributed by atoms with van der Waals surface area (Å²) in [7, 11) is 0. The summed E-state index contributed by atoms with van der Waals surface area (Å²) in [6.07, 6.45) is 0.744. The van der Waals surface area contributed by atoms with Crippen LogP contribution in [0.3, 0.4) is 0 Å². The molecule has 0 bridgehead atoms. The topological polar surface area (TPSA) is 32.3 Å². The van der Waals surface area contributed by atoms with E-state index in [1.165, 1.54) is 0 Å². The predicted molar refractivity (Wildman–Crippen MR) is 59.3 cm³/mol. The molecule has 13 heavy (non-hydrogen) atoms. The average Bonchev–Trinajstić information content (AvgIpc) is 2.12. The summed E-state index contributed by atoms with van der Waals surface area (Å²) in [5.74, 6) is 0. The van der Waals surface area contributed by atoms with E-state index in [9.17, 15) is 0 Å². The number of aliphatic hydroxyl groups is 1. The van der Waals surface area contributed by atoms with Crippen LogP contribution in [0.2, 0.25) is 5.02 Å². The van der Waals surface area contributed by atoms with Gasteiger partial charge in [-0.2, -0.15) is 0 Å². The fraction of sp³-hybridized carbons (Fsp3) is 0.333. The Labute approximate surface area is 91.0 Å². The van der Waals surface area contributed by atoms with E-state index in [0.29, 0.717) is 5.02 Å². The average molecular weight is 265 g/mol. The number of aliphatic hydroxyl groups excluding tert-OH is 1. The monoisotopic (exact) mass is 263 g/mol. The van der Waals surface area contributed by atoms with Crippen LogP contribution in [0.15, 0.2) is 22.7 Å². The van der Waals surface area contributed by atoms with E-state index in [1.807, 2.05) is 18.2 Å². The molecule has 0 aliphatic rings. The molecule has 0 aromatic heterocycles. The van der Waals surface area contributed by atoms with Crippen LogP contribution in [-0.4, -0.2) is 18.3 Å². The number of anilines is 1. The molecule has 2 nitrogen and oxygen atoms in total. The summed E-state index contributed by atoms with van der Waals surface area (Å²) in [5, 5.41) is 12.4. The van der Waals surface area contributed by atoms with Crippen molar-refractivity contribution in [2.24, 2.45) is 0 Å². The zero-order valence-corrected chi connectivity index (χ0v) is 9.40. The first-order valence-corrected chi connectivity index (χ1v) is 5.21. The highest BCUT2D eigenvalue weighted by Crippen LogP contribution is 2.25. The normalized spacial score (nSPS) is 10.1. The molecule has 0 spiro atoms. The highest BCUT2D eigenvalue weighted by Gasteiger charge is 1.97. The van der Waals surface area contributed by atoms with Gasteiger partial charge in [0.05, 0.1) is 5.02 Å². The van der Waals surface area contributed by atoms with Gasteiger partial charge in [0.1, 0.15) is 0 Å². The molecule has 72 valence electrons. The molecule has 0 aliphatic carbocycles. The molecule has 0 heterocycles. The van der Waals surface area contributed by atoms with Crippen LogP contribution in [-0.2, 0) is 0 Å². The summed E-state index contributed by atoms with van der Waals surface area (Å²) < 4.78 is 0.891. The number of halogens is 2. The summed E-state index contributed by atoms with van der Waals surface area (Å²) in [4.78, 5) is 0. The number of hydrogen-bond acceptors (Lipinski definition) is 2. The second-order valence-corrected chi connectivity index (χ2v) is 3.89. The zero-order chi connectivity index (χ0) is 9.68. The predicted octanol–water partition coefficient (Wildman–Crippen LogP) is 2.90. The van der Waals surface area contributed by atoms with E-state index in [1.54, 1.807) is 0 Å². The molecule has 2 N–H and O–H groups in total. The molecular formula is C9H11BrClNO. The molecule has 0 unspecified atom stereocenters. The maximum absolute atomic E-state index is 8.57. The quantitative estimate of drug-likeness (QED) is 0.820. The third-order valence-corrected chi connectivity index (χ3v) is 2.82. The van der Waals surface area contributed by atoms with Gasteiger partial charge in [-0.15, -0.1) is 0 Å². The molecule has 0 amide bonds. The van der Waals surface area contributed by atoms with Crippen molar-refractivity contribution in [1.29, 1.82) is 0 Å². The van der Waals surface area contributed by atoms with Gasteiger partial charge in [0.15, 0.2) is 0 Å². The number of hydrogen-bond donors (Lipinski definition) is 2. The lowest BCUT2D eigenvalue weighted by molar-refractivity contribution is 0.292. The lowest BCUT2D eigenvalue weighted by Crippen LogP contribution is -2.02. The van der Waals surface area contributed by atoms with Gasteiger partial charge in [0, 0.05) is 23.3 Å². The summed E-state index contributed by atoms with van der Waals surface area (Å²) in [6, 6.07) is 5.68. The lowest BCUT2D eigenvalue weighted by Gasteiger charge is -2.05. The van der Waals surface area contributed by atoms with Crippen molar-refractivity contribution in [3.05, 3.63) is 27.7 Å². The Hall–Kier alpha value is -0.250. The summed E-state index contributed by atoms with van der Waals surface area (Å²) in [6.45, 7) is 0.964. The minimum absolute atomic E-state index is 0.206. The van der Waals surface area contributed by atoms with Crippen molar-refractivity contribution in [3.8, 4) is 0 Å².